The SMILES string of the molecule is CCn1c2ccccc2c2cc([C@@H](CF)N3CCNCC3)ccc21.Cl.Cl. The van der Waals surface area contributed by atoms with Gasteiger partial charge in [0.25, 0.3) is 0 Å². The molecule has 4 rings (SSSR count). The van der Waals surface area contributed by atoms with Crippen LogP contribution in [0.4, 0.5) is 4.39 Å². The molecule has 0 spiro atoms. The molecule has 1 saturated heterocycles. The van der Waals surface area contributed by atoms with Gasteiger partial charge in [0, 0.05) is 54.5 Å². The first-order valence-corrected chi connectivity index (χ1v) is 8.85. The lowest BCUT2D eigenvalue weighted by Crippen LogP contribution is -2.45. The van der Waals surface area contributed by atoms with E-state index in [9.17, 15) is 4.39 Å². The van der Waals surface area contributed by atoms with Crippen LogP contribution in [0.5, 0.6) is 0 Å². The summed E-state index contributed by atoms with van der Waals surface area (Å²) in [6.07, 6.45) is 0. The van der Waals surface area contributed by atoms with Crippen molar-refractivity contribution in [2.45, 2.75) is 19.5 Å². The van der Waals surface area contributed by atoms with Crippen molar-refractivity contribution in [3.05, 3.63) is 48.0 Å². The quantitative estimate of drug-likeness (QED) is 0.695. The van der Waals surface area contributed by atoms with Gasteiger partial charge < -0.3 is 9.88 Å². The van der Waals surface area contributed by atoms with Crippen molar-refractivity contribution in [1.82, 2.24) is 14.8 Å². The summed E-state index contributed by atoms with van der Waals surface area (Å²) in [5.41, 5.74) is 3.58. The van der Waals surface area contributed by atoms with Crippen LogP contribution in [0.2, 0.25) is 0 Å². The van der Waals surface area contributed by atoms with E-state index in [1.807, 2.05) is 0 Å². The topological polar surface area (TPSA) is 20.2 Å². The Morgan fingerprint density at radius 2 is 1.69 bits per heavy atom. The zero-order valence-corrected chi connectivity index (χ0v) is 16.6. The predicted molar refractivity (Wildman–Crippen MR) is 113 cm³/mol. The molecule has 1 fully saturated rings. The standard InChI is InChI=1S/C20H24FN3.2ClH/c1-2-24-18-6-4-3-5-16(18)17-13-15(7-8-19(17)24)20(14-21)23-11-9-22-10-12-23;;/h3-8,13,20,22H,2,9-12,14H2,1H3;2*1H/t20-;;/m1../s1. The molecule has 3 aromatic rings. The zero-order valence-electron chi connectivity index (χ0n) is 15.0. The van der Waals surface area contributed by atoms with E-state index in [2.05, 4.69) is 64.2 Å². The van der Waals surface area contributed by atoms with Crippen LogP contribution in [0.25, 0.3) is 21.8 Å². The third-order valence-corrected chi connectivity index (χ3v) is 5.24. The van der Waals surface area contributed by atoms with Crippen molar-refractivity contribution in [3.63, 3.8) is 0 Å². The summed E-state index contributed by atoms with van der Waals surface area (Å²) in [6, 6.07) is 14.8. The Kier molecular flexibility index (Phi) is 7.30. The van der Waals surface area contributed by atoms with Crippen molar-refractivity contribution in [2.24, 2.45) is 0 Å². The van der Waals surface area contributed by atoms with Crippen molar-refractivity contribution < 1.29 is 4.39 Å². The second-order valence-corrected chi connectivity index (χ2v) is 6.49. The third-order valence-electron chi connectivity index (χ3n) is 5.24. The van der Waals surface area contributed by atoms with Gasteiger partial charge in [0.2, 0.25) is 0 Å². The Balaban J connectivity index is 0.00000121. The maximum atomic E-state index is 13.8. The van der Waals surface area contributed by atoms with E-state index in [1.54, 1.807) is 0 Å². The molecule has 1 atom stereocenters. The van der Waals surface area contributed by atoms with Crippen LogP contribution in [0.3, 0.4) is 0 Å². The minimum atomic E-state index is -0.335. The Labute approximate surface area is 166 Å². The maximum Gasteiger partial charge on any atom is 0.109 e. The summed E-state index contributed by atoms with van der Waals surface area (Å²) < 4.78 is 16.2. The highest BCUT2D eigenvalue weighted by molar-refractivity contribution is 6.08. The van der Waals surface area contributed by atoms with Crippen molar-refractivity contribution in [2.75, 3.05) is 32.9 Å². The van der Waals surface area contributed by atoms with E-state index < -0.39 is 0 Å². The number of aromatic nitrogens is 1. The highest BCUT2D eigenvalue weighted by Crippen LogP contribution is 2.32. The molecular formula is C20H26Cl2FN3. The molecule has 1 aromatic heterocycles. The summed E-state index contributed by atoms with van der Waals surface area (Å²) in [4.78, 5) is 2.26. The van der Waals surface area contributed by atoms with E-state index in [4.69, 9.17) is 0 Å². The first kappa shape index (κ1) is 21.0. The van der Waals surface area contributed by atoms with Gasteiger partial charge in [0.05, 0.1) is 6.04 Å². The number of nitrogens with zero attached hydrogens (tertiary/aromatic N) is 2. The van der Waals surface area contributed by atoms with Gasteiger partial charge in [-0.3, -0.25) is 4.90 Å². The molecule has 0 saturated carbocycles. The summed E-state index contributed by atoms with van der Waals surface area (Å²) >= 11 is 0. The summed E-state index contributed by atoms with van der Waals surface area (Å²) in [5, 5.41) is 5.84. The zero-order chi connectivity index (χ0) is 16.5. The number of benzene rings is 2. The molecule has 2 heterocycles. The number of hydrogen-bond acceptors (Lipinski definition) is 2. The summed E-state index contributed by atoms with van der Waals surface area (Å²) in [5.74, 6) is 0. The maximum absolute atomic E-state index is 13.8. The lowest BCUT2D eigenvalue weighted by Gasteiger charge is -2.33. The Bertz CT molecular complexity index is 859. The van der Waals surface area contributed by atoms with Crippen LogP contribution in [-0.2, 0) is 6.54 Å². The minimum absolute atomic E-state index is 0. The number of nitrogens with one attached hydrogen (secondary N) is 1. The fraction of sp³-hybridized carbons (Fsp3) is 0.400. The molecule has 142 valence electrons. The van der Waals surface area contributed by atoms with Crippen LogP contribution in [0, 0.1) is 0 Å². The van der Waals surface area contributed by atoms with Crippen LogP contribution in [0.1, 0.15) is 18.5 Å². The van der Waals surface area contributed by atoms with Crippen molar-refractivity contribution in [3.8, 4) is 0 Å². The number of alkyl halides is 1. The van der Waals surface area contributed by atoms with Gasteiger partial charge in [0.1, 0.15) is 6.67 Å². The molecule has 0 radical (unpaired) electrons. The average molecular weight is 398 g/mol. The molecule has 3 nitrogen and oxygen atoms in total. The molecular weight excluding hydrogens is 372 g/mol. The predicted octanol–water partition coefficient (Wildman–Crippen LogP) is 4.57. The van der Waals surface area contributed by atoms with E-state index >= 15 is 0 Å². The molecule has 1 aliphatic rings. The second-order valence-electron chi connectivity index (χ2n) is 6.49. The van der Waals surface area contributed by atoms with E-state index in [-0.39, 0.29) is 37.5 Å². The van der Waals surface area contributed by atoms with Crippen LogP contribution in [0.15, 0.2) is 42.5 Å². The molecule has 0 bridgehead atoms. The Hall–Kier alpha value is -1.33. The van der Waals surface area contributed by atoms with Crippen LogP contribution >= 0.6 is 24.8 Å². The average Bonchev–Trinajstić information content (AvgIpc) is 2.96. The van der Waals surface area contributed by atoms with Crippen molar-refractivity contribution in [1.29, 1.82) is 0 Å². The molecule has 0 unspecified atom stereocenters. The molecule has 1 N–H and O–H groups in total. The highest BCUT2D eigenvalue weighted by Gasteiger charge is 2.23. The van der Waals surface area contributed by atoms with Gasteiger partial charge in [0.15, 0.2) is 0 Å². The molecule has 1 aliphatic heterocycles. The lowest BCUT2D eigenvalue weighted by molar-refractivity contribution is 0.147. The summed E-state index contributed by atoms with van der Waals surface area (Å²) in [7, 11) is 0. The van der Waals surface area contributed by atoms with Gasteiger partial charge in [-0.15, -0.1) is 24.8 Å². The van der Waals surface area contributed by atoms with Gasteiger partial charge in [-0.05, 0) is 30.7 Å². The number of fused-ring (bicyclic) bond motifs is 3. The summed E-state index contributed by atoms with van der Waals surface area (Å²) in [6.45, 7) is 6.46. The van der Waals surface area contributed by atoms with E-state index in [1.165, 1.54) is 21.8 Å². The lowest BCUT2D eigenvalue weighted by atomic mass is 10.0. The van der Waals surface area contributed by atoms with Gasteiger partial charge >= 0.3 is 0 Å². The smallest absolute Gasteiger partial charge is 0.109 e. The van der Waals surface area contributed by atoms with Gasteiger partial charge in [-0.25, -0.2) is 4.39 Å². The molecule has 26 heavy (non-hydrogen) atoms. The van der Waals surface area contributed by atoms with E-state index in [0.29, 0.717) is 0 Å². The van der Waals surface area contributed by atoms with Gasteiger partial charge in [-0.2, -0.15) is 0 Å². The number of hydrogen-bond donors (Lipinski definition) is 1. The van der Waals surface area contributed by atoms with Crippen molar-refractivity contribution >= 4 is 46.6 Å². The van der Waals surface area contributed by atoms with Crippen LogP contribution < -0.4 is 5.32 Å². The van der Waals surface area contributed by atoms with Gasteiger partial charge in [-0.1, -0.05) is 24.3 Å². The highest BCUT2D eigenvalue weighted by atomic mass is 35.5. The largest absolute Gasteiger partial charge is 0.341 e. The number of rotatable bonds is 4. The van der Waals surface area contributed by atoms with E-state index in [0.717, 1.165) is 38.3 Å². The molecule has 6 heteroatoms. The number of piperazine rings is 1. The Morgan fingerprint density at radius 1 is 1.00 bits per heavy atom. The number of para-hydroxylation sites is 1. The van der Waals surface area contributed by atoms with Crippen LogP contribution in [-0.4, -0.2) is 42.3 Å². The molecule has 2 aromatic carbocycles. The fourth-order valence-electron chi connectivity index (χ4n) is 4.01. The second kappa shape index (κ2) is 9.05. The Morgan fingerprint density at radius 3 is 2.38 bits per heavy atom. The molecule has 0 amide bonds. The normalized spacial score (nSPS) is 16.2. The number of halogens is 3. The number of aryl methyl sites for hydroxylation is 1. The first-order chi connectivity index (χ1) is 11.8. The first-order valence-electron chi connectivity index (χ1n) is 8.85. The minimum Gasteiger partial charge on any atom is -0.341 e. The fourth-order valence-corrected chi connectivity index (χ4v) is 4.01. The third kappa shape index (κ3) is 3.56. The molecule has 0 aliphatic carbocycles. The monoisotopic (exact) mass is 397 g/mol.